The number of para-hydroxylation sites is 1. The van der Waals surface area contributed by atoms with Crippen molar-refractivity contribution in [2.24, 2.45) is 0 Å². The molecule has 160 valence electrons. The van der Waals surface area contributed by atoms with Gasteiger partial charge in [0.1, 0.15) is 5.75 Å². The minimum atomic E-state index is -0.747. The summed E-state index contributed by atoms with van der Waals surface area (Å²) in [6, 6.07) is 20.9. The number of pyridine rings is 1. The van der Waals surface area contributed by atoms with Crippen LogP contribution in [0.4, 0.5) is 5.69 Å². The molecule has 2 aromatic heterocycles. The highest BCUT2D eigenvalue weighted by atomic mass is 16.3. The molecule has 7 heteroatoms. The third-order valence-corrected chi connectivity index (χ3v) is 6.22. The molecule has 0 saturated carbocycles. The minimum absolute atomic E-state index is 0.0976. The van der Waals surface area contributed by atoms with Crippen LogP contribution in [-0.2, 0) is 9.59 Å². The van der Waals surface area contributed by atoms with E-state index in [9.17, 15) is 14.7 Å². The Morgan fingerprint density at radius 3 is 2.58 bits per heavy atom. The number of aromatic nitrogens is 3. The number of fused-ring (bicyclic) bond motifs is 2. The molecule has 1 fully saturated rings. The first-order valence-corrected chi connectivity index (χ1v) is 10.5. The molecule has 7 nitrogen and oxygen atoms in total. The number of amides is 1. The van der Waals surface area contributed by atoms with Crippen LogP contribution in [0.1, 0.15) is 23.1 Å². The molecule has 0 spiro atoms. The Morgan fingerprint density at radius 2 is 1.73 bits per heavy atom. The highest BCUT2D eigenvalue weighted by Crippen LogP contribution is 2.46. The molecule has 1 aliphatic rings. The third kappa shape index (κ3) is 2.97. The lowest BCUT2D eigenvalue weighted by Crippen LogP contribution is -2.29. The molecule has 0 radical (unpaired) electrons. The second-order valence-electron chi connectivity index (χ2n) is 8.08. The average Bonchev–Trinajstić information content (AvgIpc) is 3.41. The van der Waals surface area contributed by atoms with Crippen molar-refractivity contribution < 1.29 is 14.7 Å². The van der Waals surface area contributed by atoms with Gasteiger partial charge in [-0.2, -0.15) is 0 Å². The van der Waals surface area contributed by atoms with Gasteiger partial charge in [0.15, 0.2) is 0 Å². The molecule has 2 unspecified atom stereocenters. The summed E-state index contributed by atoms with van der Waals surface area (Å²) in [5.74, 6) is -1.73. The molecule has 33 heavy (non-hydrogen) atoms. The van der Waals surface area contributed by atoms with Gasteiger partial charge in [0.2, 0.25) is 5.78 Å². The third-order valence-electron chi connectivity index (χ3n) is 6.22. The number of H-pyrrole nitrogens is 1. The summed E-state index contributed by atoms with van der Waals surface area (Å²) >= 11 is 0. The van der Waals surface area contributed by atoms with E-state index >= 15 is 0 Å². The van der Waals surface area contributed by atoms with Crippen LogP contribution in [-0.4, -0.2) is 31.7 Å². The number of hydrogen-bond acceptors (Lipinski definition) is 5. The summed E-state index contributed by atoms with van der Waals surface area (Å²) in [5.41, 5.74) is 4.34. The number of hydrogen-bond donors (Lipinski definition) is 2. The van der Waals surface area contributed by atoms with Crippen molar-refractivity contribution in [1.82, 2.24) is 15.0 Å². The SMILES string of the molecule is O=C1C(=O)N(c2ccc3nc[nH]c3c2)C(c2cccc3cccnc23)C1c1ccc(O)cc1. The standard InChI is InChI=1S/C26H18N4O3/c31-18-9-6-15(7-10-18)22-24(19-5-1-3-16-4-2-12-27-23(16)19)30(26(33)25(22)32)17-8-11-20-21(13-17)29-14-28-20/h1-14,22,24,31H,(H,28,29). The van der Waals surface area contributed by atoms with E-state index in [2.05, 4.69) is 15.0 Å². The summed E-state index contributed by atoms with van der Waals surface area (Å²) in [6.07, 6.45) is 3.30. The zero-order chi connectivity index (χ0) is 22.5. The number of phenolic OH excluding ortho intramolecular Hbond substituents is 1. The highest BCUT2D eigenvalue weighted by molar-refractivity contribution is 6.46. The molecule has 0 bridgehead atoms. The average molecular weight is 434 g/mol. The van der Waals surface area contributed by atoms with Gasteiger partial charge in [-0.25, -0.2) is 4.98 Å². The lowest BCUT2D eigenvalue weighted by atomic mass is 9.85. The van der Waals surface area contributed by atoms with Crippen molar-refractivity contribution in [3.8, 4) is 5.75 Å². The number of aromatic hydroxyl groups is 1. The van der Waals surface area contributed by atoms with Crippen molar-refractivity contribution in [2.75, 3.05) is 4.90 Å². The minimum Gasteiger partial charge on any atom is -0.508 e. The largest absolute Gasteiger partial charge is 0.508 e. The number of phenols is 1. The first kappa shape index (κ1) is 19.2. The van der Waals surface area contributed by atoms with Crippen LogP contribution >= 0.6 is 0 Å². The van der Waals surface area contributed by atoms with Gasteiger partial charge in [0.05, 0.1) is 34.8 Å². The summed E-state index contributed by atoms with van der Waals surface area (Å²) < 4.78 is 0. The van der Waals surface area contributed by atoms with Crippen LogP contribution in [0.2, 0.25) is 0 Å². The maximum atomic E-state index is 13.4. The Labute approximate surface area is 188 Å². The van der Waals surface area contributed by atoms with E-state index in [0.717, 1.165) is 27.5 Å². The van der Waals surface area contributed by atoms with Crippen molar-refractivity contribution in [1.29, 1.82) is 0 Å². The van der Waals surface area contributed by atoms with Gasteiger partial charge < -0.3 is 10.1 Å². The van der Waals surface area contributed by atoms with Crippen molar-refractivity contribution >= 4 is 39.3 Å². The molecular weight excluding hydrogens is 416 g/mol. The van der Waals surface area contributed by atoms with Crippen LogP contribution in [0.15, 0.2) is 85.3 Å². The van der Waals surface area contributed by atoms with Gasteiger partial charge >= 0.3 is 0 Å². The van der Waals surface area contributed by atoms with E-state index in [4.69, 9.17) is 0 Å². The number of rotatable bonds is 3. The number of imidazole rings is 1. The van der Waals surface area contributed by atoms with Crippen molar-refractivity contribution in [3.05, 3.63) is 96.4 Å². The fourth-order valence-electron chi connectivity index (χ4n) is 4.72. The van der Waals surface area contributed by atoms with E-state index in [1.807, 2.05) is 42.5 Å². The van der Waals surface area contributed by atoms with Crippen LogP contribution in [0.5, 0.6) is 5.75 Å². The molecule has 2 N–H and O–H groups in total. The summed E-state index contributed by atoms with van der Waals surface area (Å²) in [7, 11) is 0. The number of anilines is 1. The van der Waals surface area contributed by atoms with Gasteiger partial charge in [-0.15, -0.1) is 0 Å². The Bertz CT molecular complexity index is 1540. The Kier molecular flexibility index (Phi) is 4.23. The number of aromatic amines is 1. The van der Waals surface area contributed by atoms with Gasteiger partial charge in [0, 0.05) is 22.8 Å². The van der Waals surface area contributed by atoms with Gasteiger partial charge in [-0.05, 0) is 42.0 Å². The number of Topliss-reactive ketones (excluding diaryl/α,β-unsaturated/α-hetero) is 1. The fraction of sp³-hybridized carbons (Fsp3) is 0.0769. The van der Waals surface area contributed by atoms with E-state index in [0.29, 0.717) is 11.3 Å². The van der Waals surface area contributed by atoms with Crippen LogP contribution in [0.25, 0.3) is 21.9 Å². The maximum Gasteiger partial charge on any atom is 0.295 e. The first-order valence-electron chi connectivity index (χ1n) is 10.5. The lowest BCUT2D eigenvalue weighted by Gasteiger charge is -2.28. The molecule has 1 amide bonds. The predicted octanol–water partition coefficient (Wildman–Crippen LogP) is 4.26. The monoisotopic (exact) mass is 434 g/mol. The Hall–Kier alpha value is -4.52. The van der Waals surface area contributed by atoms with Crippen LogP contribution in [0, 0.1) is 0 Å². The summed E-state index contributed by atoms with van der Waals surface area (Å²) in [5, 5.41) is 10.7. The van der Waals surface area contributed by atoms with Crippen molar-refractivity contribution in [2.45, 2.75) is 12.0 Å². The lowest BCUT2D eigenvalue weighted by molar-refractivity contribution is -0.134. The number of carbonyl (C=O) groups excluding carboxylic acids is 2. The second kappa shape index (κ2) is 7.27. The van der Waals surface area contributed by atoms with Gasteiger partial charge in [-0.3, -0.25) is 19.5 Å². The number of nitrogens with one attached hydrogen (secondary N) is 1. The zero-order valence-electron chi connectivity index (χ0n) is 17.3. The van der Waals surface area contributed by atoms with Gasteiger partial charge in [-0.1, -0.05) is 36.4 Å². The number of nitrogens with zero attached hydrogens (tertiary/aromatic N) is 3. The maximum absolute atomic E-state index is 13.4. The quantitative estimate of drug-likeness (QED) is 0.414. The van der Waals surface area contributed by atoms with E-state index in [-0.39, 0.29) is 5.75 Å². The molecule has 1 saturated heterocycles. The van der Waals surface area contributed by atoms with Gasteiger partial charge in [0.25, 0.3) is 5.91 Å². The number of carbonyl (C=O) groups is 2. The van der Waals surface area contributed by atoms with E-state index in [1.54, 1.807) is 35.6 Å². The first-order chi connectivity index (χ1) is 16.1. The number of benzene rings is 3. The molecule has 1 aliphatic heterocycles. The topological polar surface area (TPSA) is 99.2 Å². The molecule has 3 heterocycles. The molecule has 3 aromatic carbocycles. The van der Waals surface area contributed by atoms with Crippen LogP contribution in [0.3, 0.4) is 0 Å². The molecule has 5 aromatic rings. The summed E-state index contributed by atoms with van der Waals surface area (Å²) in [4.78, 5) is 40.3. The van der Waals surface area contributed by atoms with Crippen molar-refractivity contribution in [3.63, 3.8) is 0 Å². The molecular formula is C26H18N4O3. The number of ketones is 1. The zero-order valence-corrected chi connectivity index (χ0v) is 17.3. The molecule has 6 rings (SSSR count). The highest BCUT2D eigenvalue weighted by Gasteiger charge is 2.50. The Morgan fingerprint density at radius 1 is 0.909 bits per heavy atom. The van der Waals surface area contributed by atoms with E-state index < -0.39 is 23.7 Å². The molecule has 0 aliphatic carbocycles. The fourth-order valence-corrected chi connectivity index (χ4v) is 4.72. The Balaban J connectivity index is 1.60. The summed E-state index contributed by atoms with van der Waals surface area (Å²) in [6.45, 7) is 0. The predicted molar refractivity (Wildman–Crippen MR) is 124 cm³/mol. The van der Waals surface area contributed by atoms with E-state index in [1.165, 1.54) is 12.1 Å². The molecule has 2 atom stereocenters. The van der Waals surface area contributed by atoms with Crippen LogP contribution < -0.4 is 4.90 Å². The normalized spacial score (nSPS) is 18.5. The smallest absolute Gasteiger partial charge is 0.295 e. The second-order valence-corrected chi connectivity index (χ2v) is 8.08.